The molecular formula is C13H14FNO2S. The number of hydrogen-bond donors (Lipinski definition) is 0. The van der Waals surface area contributed by atoms with Crippen molar-refractivity contribution in [1.82, 2.24) is 0 Å². The number of halogens is 1. The Bertz CT molecular complexity index is 625. The third kappa shape index (κ3) is 2.85. The summed E-state index contributed by atoms with van der Waals surface area (Å²) in [5, 5.41) is 0.791. The molecule has 1 heterocycles. The molecule has 2 aromatic rings. The number of rotatable bonds is 2. The molecule has 96 valence electrons. The Labute approximate surface area is 107 Å². The zero-order valence-electron chi connectivity index (χ0n) is 10.4. The van der Waals surface area contributed by atoms with Crippen molar-refractivity contribution in [1.29, 1.82) is 0 Å². The molecule has 0 radical (unpaired) electrons. The fourth-order valence-electron chi connectivity index (χ4n) is 1.35. The molecule has 1 aromatic heterocycles. The summed E-state index contributed by atoms with van der Waals surface area (Å²) in [5.41, 5.74) is 0.456. The van der Waals surface area contributed by atoms with Crippen molar-refractivity contribution < 1.29 is 13.0 Å². The van der Waals surface area contributed by atoms with Crippen molar-refractivity contribution in [2.24, 2.45) is 4.40 Å². The minimum Gasteiger partial charge on any atom is -0.455 e. The zero-order chi connectivity index (χ0) is 13.3. The Morgan fingerprint density at radius 1 is 1.33 bits per heavy atom. The molecule has 1 aromatic carbocycles. The van der Waals surface area contributed by atoms with Crippen molar-refractivity contribution >= 4 is 28.2 Å². The van der Waals surface area contributed by atoms with Crippen LogP contribution in [0.1, 0.15) is 26.5 Å². The lowest BCUT2D eigenvalue weighted by atomic mass is 10.2. The monoisotopic (exact) mass is 267 g/mol. The summed E-state index contributed by atoms with van der Waals surface area (Å²) in [6.07, 6.45) is 1.42. The molecule has 0 spiro atoms. The van der Waals surface area contributed by atoms with E-state index in [1.165, 1.54) is 18.3 Å². The van der Waals surface area contributed by atoms with Gasteiger partial charge in [-0.1, -0.05) is 0 Å². The summed E-state index contributed by atoms with van der Waals surface area (Å²) in [7, 11) is -1.33. The molecule has 3 nitrogen and oxygen atoms in total. The fourth-order valence-corrected chi connectivity index (χ4v) is 1.86. The van der Waals surface area contributed by atoms with Crippen molar-refractivity contribution in [3.05, 3.63) is 35.8 Å². The van der Waals surface area contributed by atoms with Crippen LogP contribution in [0.3, 0.4) is 0 Å². The highest BCUT2D eigenvalue weighted by Crippen LogP contribution is 2.20. The normalized spacial score (nSPS) is 14.4. The SMILES string of the molecule is CC(C)(C)S(=O)N=Cc1cc2ccc(F)cc2o1. The van der Waals surface area contributed by atoms with Gasteiger partial charge < -0.3 is 4.42 Å². The van der Waals surface area contributed by atoms with Gasteiger partial charge in [0.15, 0.2) is 0 Å². The van der Waals surface area contributed by atoms with Gasteiger partial charge in [-0.25, -0.2) is 8.60 Å². The smallest absolute Gasteiger partial charge is 0.147 e. The van der Waals surface area contributed by atoms with Crippen molar-refractivity contribution in [2.45, 2.75) is 25.5 Å². The van der Waals surface area contributed by atoms with Crippen LogP contribution in [0, 0.1) is 5.82 Å². The van der Waals surface area contributed by atoms with E-state index in [9.17, 15) is 8.60 Å². The largest absolute Gasteiger partial charge is 0.455 e. The van der Waals surface area contributed by atoms with Gasteiger partial charge >= 0.3 is 0 Å². The minimum atomic E-state index is -1.33. The zero-order valence-corrected chi connectivity index (χ0v) is 11.3. The van der Waals surface area contributed by atoms with Crippen LogP contribution in [0.2, 0.25) is 0 Å². The third-order valence-corrected chi connectivity index (χ3v) is 3.65. The van der Waals surface area contributed by atoms with Gasteiger partial charge in [0.25, 0.3) is 0 Å². The maximum absolute atomic E-state index is 13.0. The molecule has 1 unspecified atom stereocenters. The Morgan fingerprint density at radius 2 is 2.06 bits per heavy atom. The van der Waals surface area contributed by atoms with Crippen LogP contribution in [0.4, 0.5) is 4.39 Å². The third-order valence-electron chi connectivity index (χ3n) is 2.30. The van der Waals surface area contributed by atoms with E-state index in [4.69, 9.17) is 4.42 Å². The molecule has 0 bridgehead atoms. The van der Waals surface area contributed by atoms with Gasteiger partial charge in [0.1, 0.15) is 28.1 Å². The molecule has 0 amide bonds. The summed E-state index contributed by atoms with van der Waals surface area (Å²) < 4.78 is 33.6. The van der Waals surface area contributed by atoms with Crippen LogP contribution in [-0.2, 0) is 11.0 Å². The average Bonchev–Trinajstić information content (AvgIpc) is 2.66. The fraction of sp³-hybridized carbons (Fsp3) is 0.308. The molecule has 0 saturated heterocycles. The predicted molar refractivity (Wildman–Crippen MR) is 71.7 cm³/mol. The predicted octanol–water partition coefficient (Wildman–Crippen LogP) is 3.45. The van der Waals surface area contributed by atoms with E-state index in [0.717, 1.165) is 5.39 Å². The van der Waals surface area contributed by atoms with E-state index in [1.807, 2.05) is 20.8 Å². The summed E-state index contributed by atoms with van der Waals surface area (Å²) in [5.74, 6) is 0.117. The maximum atomic E-state index is 13.0. The molecule has 18 heavy (non-hydrogen) atoms. The molecule has 0 saturated carbocycles. The molecule has 1 atom stereocenters. The molecule has 0 aliphatic heterocycles. The van der Waals surface area contributed by atoms with Crippen molar-refractivity contribution in [3.63, 3.8) is 0 Å². The van der Waals surface area contributed by atoms with Crippen LogP contribution < -0.4 is 0 Å². The summed E-state index contributed by atoms with van der Waals surface area (Å²) in [6.45, 7) is 5.53. The van der Waals surface area contributed by atoms with Crippen LogP contribution in [-0.4, -0.2) is 15.2 Å². The number of hydrogen-bond acceptors (Lipinski definition) is 2. The molecule has 0 N–H and O–H groups in total. The first-order valence-corrected chi connectivity index (χ1v) is 6.62. The highest BCUT2D eigenvalue weighted by molar-refractivity contribution is 7.85. The molecule has 2 rings (SSSR count). The van der Waals surface area contributed by atoms with E-state index in [2.05, 4.69) is 4.40 Å². The first kappa shape index (κ1) is 13.0. The summed E-state index contributed by atoms with van der Waals surface area (Å²) in [6, 6.07) is 6.05. The molecular weight excluding hydrogens is 253 g/mol. The average molecular weight is 267 g/mol. The second kappa shape index (κ2) is 4.65. The van der Waals surface area contributed by atoms with E-state index >= 15 is 0 Å². The standard InChI is InChI=1S/C13H14FNO2S/c1-13(2,3)18(16)15-8-11-6-9-4-5-10(14)7-12(9)17-11/h4-8H,1-3H3. The Balaban J connectivity index is 2.27. The molecule has 0 fully saturated rings. The first-order valence-electron chi connectivity index (χ1n) is 5.51. The lowest BCUT2D eigenvalue weighted by Crippen LogP contribution is -2.19. The van der Waals surface area contributed by atoms with Crippen LogP contribution in [0.5, 0.6) is 0 Å². The maximum Gasteiger partial charge on any atom is 0.147 e. The van der Waals surface area contributed by atoms with Gasteiger partial charge in [-0.3, -0.25) is 0 Å². The topological polar surface area (TPSA) is 42.6 Å². The Hall–Kier alpha value is -1.49. The van der Waals surface area contributed by atoms with Crippen LogP contribution in [0.15, 0.2) is 33.1 Å². The first-order chi connectivity index (χ1) is 8.36. The van der Waals surface area contributed by atoms with E-state index in [1.54, 1.807) is 12.1 Å². The van der Waals surface area contributed by atoms with Gasteiger partial charge in [-0.15, -0.1) is 0 Å². The second-order valence-electron chi connectivity index (χ2n) is 4.93. The highest BCUT2D eigenvalue weighted by Gasteiger charge is 2.18. The number of furan rings is 1. The van der Waals surface area contributed by atoms with Gasteiger partial charge in [0.2, 0.25) is 0 Å². The number of fused-ring (bicyclic) bond motifs is 1. The second-order valence-corrected chi connectivity index (χ2v) is 6.86. The van der Waals surface area contributed by atoms with Gasteiger partial charge in [-0.05, 0) is 39.0 Å². The molecule has 0 aliphatic rings. The quantitative estimate of drug-likeness (QED) is 0.782. The van der Waals surface area contributed by atoms with Crippen LogP contribution >= 0.6 is 0 Å². The van der Waals surface area contributed by atoms with E-state index < -0.39 is 15.7 Å². The summed E-state index contributed by atoms with van der Waals surface area (Å²) in [4.78, 5) is 0. The number of benzene rings is 1. The molecule has 5 heteroatoms. The van der Waals surface area contributed by atoms with Gasteiger partial charge in [0.05, 0.1) is 11.0 Å². The number of nitrogens with zero attached hydrogens (tertiary/aromatic N) is 1. The molecule has 0 aliphatic carbocycles. The Morgan fingerprint density at radius 3 is 2.72 bits per heavy atom. The van der Waals surface area contributed by atoms with Crippen molar-refractivity contribution in [2.75, 3.05) is 0 Å². The van der Waals surface area contributed by atoms with Crippen molar-refractivity contribution in [3.8, 4) is 0 Å². The summed E-state index contributed by atoms with van der Waals surface area (Å²) >= 11 is 0. The lowest BCUT2D eigenvalue weighted by Gasteiger charge is -2.12. The minimum absolute atomic E-state index is 0.349. The van der Waals surface area contributed by atoms with Crippen LogP contribution in [0.25, 0.3) is 11.0 Å². The van der Waals surface area contributed by atoms with E-state index in [0.29, 0.717) is 11.3 Å². The highest BCUT2D eigenvalue weighted by atomic mass is 32.2. The van der Waals surface area contributed by atoms with Gasteiger partial charge in [-0.2, -0.15) is 4.40 Å². The van der Waals surface area contributed by atoms with E-state index in [-0.39, 0.29) is 5.82 Å². The van der Waals surface area contributed by atoms with Gasteiger partial charge in [0, 0.05) is 11.5 Å². The lowest BCUT2D eigenvalue weighted by molar-refractivity contribution is 0.593. The Kier molecular flexibility index (Phi) is 3.34.